The van der Waals surface area contributed by atoms with E-state index in [9.17, 15) is 20.1 Å². The Labute approximate surface area is 243 Å². The Morgan fingerprint density at radius 3 is 2.19 bits per heavy atom. The lowest BCUT2D eigenvalue weighted by molar-refractivity contribution is -0.362. The topological polar surface area (TPSA) is 161 Å². The van der Waals surface area contributed by atoms with Crippen molar-refractivity contribution in [2.75, 3.05) is 34.2 Å². The van der Waals surface area contributed by atoms with Crippen LogP contribution in [-0.2, 0) is 47.4 Å². The molecule has 0 aromatic heterocycles. The van der Waals surface area contributed by atoms with Crippen LogP contribution in [0.4, 0.5) is 0 Å². The van der Waals surface area contributed by atoms with Crippen molar-refractivity contribution in [2.24, 2.45) is 23.7 Å². The Balaban J connectivity index is 1.24. The van der Waals surface area contributed by atoms with Crippen molar-refractivity contribution in [1.82, 2.24) is 0 Å². The van der Waals surface area contributed by atoms with E-state index < -0.39 is 67.3 Å². The van der Waals surface area contributed by atoms with Crippen molar-refractivity contribution in [3.8, 4) is 0 Å². The second-order valence-electron chi connectivity index (χ2n) is 12.4. The lowest BCUT2D eigenvalue weighted by Crippen LogP contribution is -2.63. The molecule has 0 aromatic rings. The molecule has 42 heavy (non-hydrogen) atoms. The molecule has 7 aliphatic rings. The molecule has 4 aliphatic heterocycles. The maximum Gasteiger partial charge on any atom is 0.310 e. The van der Waals surface area contributed by atoms with Crippen molar-refractivity contribution in [2.45, 2.75) is 94.0 Å². The number of ether oxygens (including phenoxy) is 9. The first-order valence-corrected chi connectivity index (χ1v) is 14.8. The fourth-order valence-corrected chi connectivity index (χ4v) is 8.23. The Morgan fingerprint density at radius 1 is 0.810 bits per heavy atom. The molecule has 3 N–H and O–H groups in total. The van der Waals surface area contributed by atoms with E-state index in [0.717, 1.165) is 22.7 Å². The number of aliphatic hydroxyl groups excluding tert-OH is 3. The molecular weight excluding hydrogens is 556 g/mol. The molecule has 4 heterocycles. The zero-order valence-electron chi connectivity index (χ0n) is 24.0. The van der Waals surface area contributed by atoms with Crippen molar-refractivity contribution in [3.05, 3.63) is 22.7 Å². The fraction of sp³-hybridized carbons (Fsp3) is 0.828. The van der Waals surface area contributed by atoms with Gasteiger partial charge >= 0.3 is 5.97 Å². The summed E-state index contributed by atoms with van der Waals surface area (Å²) in [7, 11) is 3.15. The first-order chi connectivity index (χ1) is 20.3. The summed E-state index contributed by atoms with van der Waals surface area (Å²) >= 11 is 0. The third kappa shape index (κ3) is 4.68. The molecule has 6 unspecified atom stereocenters. The highest BCUT2D eigenvalue weighted by Gasteiger charge is 2.59. The van der Waals surface area contributed by atoms with E-state index in [4.69, 9.17) is 42.6 Å². The van der Waals surface area contributed by atoms with Crippen LogP contribution in [0.25, 0.3) is 0 Å². The molecule has 0 bridgehead atoms. The normalized spacial score (nSPS) is 48.5. The Morgan fingerprint density at radius 2 is 1.50 bits per heavy atom. The molecule has 13 heteroatoms. The van der Waals surface area contributed by atoms with Gasteiger partial charge in [0, 0.05) is 33.0 Å². The predicted molar refractivity (Wildman–Crippen MR) is 138 cm³/mol. The van der Waals surface area contributed by atoms with Crippen LogP contribution in [0, 0.1) is 23.7 Å². The van der Waals surface area contributed by atoms with Crippen LogP contribution in [0.5, 0.6) is 0 Å². The average molecular weight is 597 g/mol. The first kappa shape index (κ1) is 28.9. The van der Waals surface area contributed by atoms with Crippen molar-refractivity contribution < 1.29 is 62.7 Å². The van der Waals surface area contributed by atoms with E-state index in [-0.39, 0.29) is 43.7 Å². The predicted octanol–water partition coefficient (Wildman–Crippen LogP) is 0.106. The molecule has 0 spiro atoms. The average Bonchev–Trinajstić information content (AvgIpc) is 3.61. The van der Waals surface area contributed by atoms with Gasteiger partial charge in [-0.15, -0.1) is 0 Å². The van der Waals surface area contributed by atoms with Crippen LogP contribution in [0.2, 0.25) is 0 Å². The molecule has 3 saturated heterocycles. The first-order valence-electron chi connectivity index (χ1n) is 14.8. The maximum atomic E-state index is 13.5. The highest BCUT2D eigenvalue weighted by molar-refractivity contribution is 5.77. The molecule has 4 fully saturated rings. The summed E-state index contributed by atoms with van der Waals surface area (Å²) in [5, 5.41) is 32.8. The summed E-state index contributed by atoms with van der Waals surface area (Å²) in [6.45, 7) is 2.17. The van der Waals surface area contributed by atoms with E-state index in [2.05, 4.69) is 0 Å². The summed E-state index contributed by atoms with van der Waals surface area (Å²) in [6, 6.07) is 0. The minimum absolute atomic E-state index is 0.0468. The largest absolute Gasteiger partial charge is 0.465 e. The summed E-state index contributed by atoms with van der Waals surface area (Å²) in [4.78, 5) is 13.5. The molecule has 0 radical (unpaired) electrons. The Bertz CT molecular complexity index is 1110. The van der Waals surface area contributed by atoms with Gasteiger partial charge in [-0.3, -0.25) is 4.79 Å². The number of esters is 1. The van der Waals surface area contributed by atoms with E-state index in [1.54, 1.807) is 21.1 Å². The van der Waals surface area contributed by atoms with Gasteiger partial charge in [0.25, 0.3) is 0 Å². The monoisotopic (exact) mass is 596 g/mol. The van der Waals surface area contributed by atoms with E-state index in [1.165, 1.54) is 0 Å². The summed E-state index contributed by atoms with van der Waals surface area (Å²) < 4.78 is 52.6. The molecule has 3 aliphatic carbocycles. The molecule has 0 aromatic carbocycles. The number of rotatable bonds is 5. The number of carbonyl (C=O) groups excluding carboxylic acids is 1. The number of cyclic esters (lactones) is 1. The molecular formula is C29H40O13. The lowest BCUT2D eigenvalue weighted by atomic mass is 9.59. The number of fused-ring (bicyclic) bond motifs is 2. The summed E-state index contributed by atoms with van der Waals surface area (Å²) in [5.74, 6) is -0.0255. The molecule has 7 rings (SSSR count). The van der Waals surface area contributed by atoms with Crippen LogP contribution < -0.4 is 0 Å². The van der Waals surface area contributed by atoms with Gasteiger partial charge < -0.3 is 58.0 Å². The highest BCUT2D eigenvalue weighted by Crippen LogP contribution is 2.56. The molecule has 0 amide bonds. The molecule has 13 nitrogen and oxygen atoms in total. The van der Waals surface area contributed by atoms with E-state index >= 15 is 0 Å². The van der Waals surface area contributed by atoms with Gasteiger partial charge in [0.05, 0.1) is 37.4 Å². The van der Waals surface area contributed by atoms with Crippen LogP contribution in [0.1, 0.15) is 32.6 Å². The van der Waals surface area contributed by atoms with Crippen LogP contribution in [-0.4, -0.2) is 117 Å². The second-order valence-corrected chi connectivity index (χ2v) is 12.4. The summed E-state index contributed by atoms with van der Waals surface area (Å²) in [6.07, 6.45) is -6.12. The molecule has 234 valence electrons. The minimum atomic E-state index is -1.39. The molecule has 1 saturated carbocycles. The van der Waals surface area contributed by atoms with Crippen LogP contribution >= 0.6 is 0 Å². The van der Waals surface area contributed by atoms with Crippen molar-refractivity contribution in [3.63, 3.8) is 0 Å². The summed E-state index contributed by atoms with van der Waals surface area (Å²) in [5.41, 5.74) is 1.95. The number of carbonyl (C=O) groups is 1. The van der Waals surface area contributed by atoms with Gasteiger partial charge in [-0.05, 0) is 37.2 Å². The Kier molecular flexibility index (Phi) is 7.77. The lowest BCUT2D eigenvalue weighted by Gasteiger charge is -2.50. The number of methoxy groups -OCH3 is 2. The van der Waals surface area contributed by atoms with Crippen LogP contribution in [0.15, 0.2) is 22.7 Å². The van der Waals surface area contributed by atoms with Gasteiger partial charge in [-0.2, -0.15) is 0 Å². The van der Waals surface area contributed by atoms with E-state index in [0.29, 0.717) is 25.7 Å². The second kappa shape index (κ2) is 11.3. The smallest absolute Gasteiger partial charge is 0.310 e. The fourth-order valence-electron chi connectivity index (χ4n) is 8.23. The molecule has 12 atom stereocenters. The van der Waals surface area contributed by atoms with E-state index in [1.807, 2.05) is 0 Å². The van der Waals surface area contributed by atoms with Gasteiger partial charge in [0.1, 0.15) is 42.0 Å². The Hall–Kier alpha value is -1.81. The number of aliphatic hydroxyl groups is 3. The highest BCUT2D eigenvalue weighted by atomic mass is 16.8. The maximum absolute atomic E-state index is 13.5. The minimum Gasteiger partial charge on any atom is -0.465 e. The zero-order chi connectivity index (χ0) is 29.3. The van der Waals surface area contributed by atoms with Gasteiger partial charge in [0.2, 0.25) is 6.79 Å². The zero-order valence-corrected chi connectivity index (χ0v) is 24.0. The standard InChI is InChI=1S/C29H40O13/c1-11-36-9-20-27(40-11)24(31)25(32)29(41-20)42-26-14-7-17-16(38-10-39-17)6-13(14)21(22-15(26)8-37-28(22)33)12-4-18(34-2)23(30)19(5-12)35-3/h11-12,15,18-27,29-32H,4-10H2,1-3H3/t11?,12?,15?,18?,19?,20-,21-,22+,23?,24-,25-,26?,27-,29?/m1/s1. The van der Waals surface area contributed by atoms with Gasteiger partial charge in [-0.25, -0.2) is 0 Å². The third-order valence-corrected chi connectivity index (χ3v) is 10.3. The van der Waals surface area contributed by atoms with Crippen molar-refractivity contribution >= 4 is 5.97 Å². The van der Waals surface area contributed by atoms with Gasteiger partial charge in [0.15, 0.2) is 12.6 Å². The number of allylic oxidation sites excluding steroid dienone is 2. The number of hydrogen-bond donors (Lipinski definition) is 3. The quantitative estimate of drug-likeness (QED) is 0.290. The SMILES string of the molecule is COC1CC([C@@H]2C3=C(CC4=C(C3)OCO4)C(OC3O[C@@H]4COC(C)O[C@H]4[C@H](O)[C@H]3O)C3COC(=O)[C@@H]32)CC(OC)C1O. The van der Waals surface area contributed by atoms with Crippen LogP contribution in [0.3, 0.4) is 0 Å². The van der Waals surface area contributed by atoms with Crippen molar-refractivity contribution in [1.29, 1.82) is 0 Å². The third-order valence-electron chi connectivity index (χ3n) is 10.3. The number of hydrogen-bond acceptors (Lipinski definition) is 13. The van der Waals surface area contributed by atoms with Gasteiger partial charge in [-0.1, -0.05) is 5.57 Å².